The van der Waals surface area contributed by atoms with E-state index in [1.165, 1.54) is 17.8 Å². The molecule has 0 atom stereocenters. The maximum atomic E-state index is 11.9. The summed E-state index contributed by atoms with van der Waals surface area (Å²) in [6.07, 6.45) is 3.34. The number of pyridine rings is 1. The second-order valence-corrected chi connectivity index (χ2v) is 4.70. The normalized spacial score (nSPS) is 13.3. The molecule has 0 spiro atoms. The average Bonchev–Trinajstić information content (AvgIpc) is 2.57. The van der Waals surface area contributed by atoms with E-state index in [2.05, 4.69) is 6.07 Å². The first-order chi connectivity index (χ1) is 9.16. The number of fused-ring (bicyclic) bond motifs is 3. The van der Waals surface area contributed by atoms with Gasteiger partial charge in [0.2, 0.25) is 0 Å². The van der Waals surface area contributed by atoms with Crippen LogP contribution in [0.4, 0.5) is 0 Å². The number of hydrogen-bond acceptors (Lipinski definition) is 2. The van der Waals surface area contributed by atoms with Gasteiger partial charge in [-0.15, -0.1) is 0 Å². The van der Waals surface area contributed by atoms with Gasteiger partial charge in [0, 0.05) is 24.4 Å². The van der Waals surface area contributed by atoms with Gasteiger partial charge in [-0.05, 0) is 18.4 Å². The molecule has 0 radical (unpaired) electrons. The van der Waals surface area contributed by atoms with Gasteiger partial charge in [0.15, 0.2) is 5.43 Å². The van der Waals surface area contributed by atoms with Gasteiger partial charge in [-0.2, -0.15) is 0 Å². The molecule has 1 aromatic heterocycles. The fourth-order valence-corrected chi connectivity index (χ4v) is 2.58. The zero-order chi connectivity index (χ0) is 13.4. The molecule has 0 unspecified atom stereocenters. The summed E-state index contributed by atoms with van der Waals surface area (Å²) in [5, 5.41) is 9.02. The van der Waals surface area contributed by atoms with Gasteiger partial charge >= 0.3 is 5.97 Å². The minimum absolute atomic E-state index is 0.164. The van der Waals surface area contributed by atoms with Crippen molar-refractivity contribution in [3.63, 3.8) is 0 Å². The number of carboxylic acid groups (broad SMARTS) is 1. The van der Waals surface area contributed by atoms with E-state index in [-0.39, 0.29) is 5.56 Å². The van der Waals surface area contributed by atoms with Crippen LogP contribution in [0.25, 0.3) is 11.3 Å². The van der Waals surface area contributed by atoms with Crippen molar-refractivity contribution < 1.29 is 9.90 Å². The first-order valence-electron chi connectivity index (χ1n) is 6.23. The summed E-state index contributed by atoms with van der Waals surface area (Å²) >= 11 is 0. The maximum absolute atomic E-state index is 11.9. The van der Waals surface area contributed by atoms with Crippen molar-refractivity contribution in [2.75, 3.05) is 0 Å². The second-order valence-electron chi connectivity index (χ2n) is 4.70. The fourth-order valence-electron chi connectivity index (χ4n) is 2.58. The van der Waals surface area contributed by atoms with Crippen LogP contribution in [0.5, 0.6) is 0 Å². The number of rotatable bonds is 1. The van der Waals surface area contributed by atoms with Crippen molar-refractivity contribution in [1.82, 2.24) is 4.57 Å². The van der Waals surface area contributed by atoms with Crippen LogP contribution in [0, 0.1) is 0 Å². The molecule has 4 nitrogen and oxygen atoms in total. The van der Waals surface area contributed by atoms with Crippen LogP contribution in [-0.4, -0.2) is 15.6 Å². The van der Waals surface area contributed by atoms with E-state index >= 15 is 0 Å². The quantitative estimate of drug-likeness (QED) is 0.849. The molecule has 1 N–H and O–H groups in total. The van der Waals surface area contributed by atoms with Gasteiger partial charge in [-0.3, -0.25) is 4.79 Å². The number of nitrogens with zero attached hydrogens (tertiary/aromatic N) is 1. The van der Waals surface area contributed by atoms with Crippen LogP contribution in [0.3, 0.4) is 0 Å². The first-order valence-corrected chi connectivity index (χ1v) is 6.23. The fraction of sp³-hybridized carbons (Fsp3) is 0.200. The molecule has 0 bridgehead atoms. The lowest BCUT2D eigenvalue weighted by Gasteiger charge is -2.12. The highest BCUT2D eigenvalue weighted by Crippen LogP contribution is 2.27. The second kappa shape index (κ2) is 4.39. The summed E-state index contributed by atoms with van der Waals surface area (Å²) in [6.45, 7) is 0.727. The monoisotopic (exact) mass is 255 g/mol. The molecule has 2 aromatic rings. The third-order valence-electron chi connectivity index (χ3n) is 3.50. The number of hydrogen-bond donors (Lipinski definition) is 1. The molecule has 3 rings (SSSR count). The smallest absolute Gasteiger partial charge is 0.341 e. The van der Waals surface area contributed by atoms with Crippen molar-refractivity contribution in [2.24, 2.45) is 0 Å². The Bertz CT molecular complexity index is 716. The minimum atomic E-state index is -1.17. The number of aromatic carboxylic acids is 1. The molecule has 0 saturated carbocycles. The predicted octanol–water partition coefficient (Wildman–Crippen LogP) is 2.16. The van der Waals surface area contributed by atoms with Crippen molar-refractivity contribution >= 4 is 5.97 Å². The van der Waals surface area contributed by atoms with Crippen LogP contribution in [0.2, 0.25) is 0 Å². The summed E-state index contributed by atoms with van der Waals surface area (Å²) in [5.74, 6) is -1.17. The number of aromatic nitrogens is 1. The first kappa shape index (κ1) is 11.7. The Kier molecular flexibility index (Phi) is 2.71. The summed E-state index contributed by atoms with van der Waals surface area (Å²) in [4.78, 5) is 22.9. The third kappa shape index (κ3) is 1.95. The summed E-state index contributed by atoms with van der Waals surface area (Å²) in [7, 11) is 0. The highest BCUT2D eigenvalue weighted by molar-refractivity contribution is 5.87. The Labute approximate surface area is 109 Å². The SMILES string of the molecule is O=C(O)c1cn2c(cc1=O)-c1ccccc1CCC2. The standard InChI is InChI=1S/C15H13NO3/c17-14-8-13-11-6-2-1-4-10(11)5-3-7-16(13)9-12(14)15(18)19/h1-2,4,6,8-9H,3,5,7H2,(H,18,19). The lowest BCUT2D eigenvalue weighted by Crippen LogP contribution is -2.18. The number of aryl methyl sites for hydroxylation is 2. The Morgan fingerprint density at radius 1 is 1.26 bits per heavy atom. The van der Waals surface area contributed by atoms with Crippen molar-refractivity contribution in [1.29, 1.82) is 0 Å². The Balaban J connectivity index is 2.28. The van der Waals surface area contributed by atoms with Gasteiger partial charge < -0.3 is 9.67 Å². The van der Waals surface area contributed by atoms with Crippen LogP contribution < -0.4 is 5.43 Å². The molecule has 0 aliphatic carbocycles. The number of carboxylic acids is 1. The van der Waals surface area contributed by atoms with Crippen LogP contribution in [0.1, 0.15) is 22.3 Å². The highest BCUT2D eigenvalue weighted by Gasteiger charge is 2.17. The van der Waals surface area contributed by atoms with E-state index in [9.17, 15) is 9.59 Å². The molecular weight excluding hydrogens is 242 g/mol. The molecule has 2 heterocycles. The van der Waals surface area contributed by atoms with Crippen molar-refractivity contribution in [3.8, 4) is 11.3 Å². The Hall–Kier alpha value is -2.36. The highest BCUT2D eigenvalue weighted by atomic mass is 16.4. The van der Waals surface area contributed by atoms with Crippen molar-refractivity contribution in [2.45, 2.75) is 19.4 Å². The maximum Gasteiger partial charge on any atom is 0.341 e. The third-order valence-corrected chi connectivity index (χ3v) is 3.50. The molecule has 0 amide bonds. The largest absolute Gasteiger partial charge is 0.477 e. The van der Waals surface area contributed by atoms with Crippen molar-refractivity contribution in [3.05, 3.63) is 57.9 Å². The van der Waals surface area contributed by atoms with Gasteiger partial charge in [0.25, 0.3) is 0 Å². The van der Waals surface area contributed by atoms with E-state index in [0.717, 1.165) is 30.6 Å². The molecule has 96 valence electrons. The molecular formula is C15H13NO3. The zero-order valence-corrected chi connectivity index (χ0v) is 10.3. The molecule has 1 aromatic carbocycles. The van der Waals surface area contributed by atoms with E-state index < -0.39 is 11.4 Å². The summed E-state index contributed by atoms with van der Waals surface area (Å²) in [6, 6.07) is 9.39. The van der Waals surface area contributed by atoms with E-state index in [1.807, 2.05) is 22.8 Å². The van der Waals surface area contributed by atoms with Gasteiger partial charge in [0.05, 0.1) is 5.69 Å². The van der Waals surface area contributed by atoms with E-state index in [1.54, 1.807) is 0 Å². The van der Waals surface area contributed by atoms with Gasteiger partial charge in [0.1, 0.15) is 5.56 Å². The van der Waals surface area contributed by atoms with E-state index in [4.69, 9.17) is 5.11 Å². The average molecular weight is 255 g/mol. The Morgan fingerprint density at radius 3 is 2.84 bits per heavy atom. The molecule has 4 heteroatoms. The summed E-state index contributed by atoms with van der Waals surface area (Å²) < 4.78 is 1.87. The van der Waals surface area contributed by atoms with Crippen LogP contribution in [0.15, 0.2) is 41.3 Å². The topological polar surface area (TPSA) is 59.3 Å². The molecule has 0 saturated heterocycles. The molecule has 1 aliphatic heterocycles. The Morgan fingerprint density at radius 2 is 2.05 bits per heavy atom. The minimum Gasteiger partial charge on any atom is -0.477 e. The van der Waals surface area contributed by atoms with E-state index in [0.29, 0.717) is 0 Å². The molecule has 19 heavy (non-hydrogen) atoms. The molecule has 1 aliphatic rings. The van der Waals surface area contributed by atoms with Gasteiger partial charge in [-0.1, -0.05) is 24.3 Å². The predicted molar refractivity (Wildman–Crippen MR) is 71.4 cm³/mol. The van der Waals surface area contributed by atoms with Crippen LogP contribution in [-0.2, 0) is 13.0 Å². The molecule has 0 fully saturated rings. The number of carbonyl (C=O) groups is 1. The van der Waals surface area contributed by atoms with Crippen LogP contribution >= 0.6 is 0 Å². The summed E-state index contributed by atoms with van der Waals surface area (Å²) in [5.41, 5.74) is 2.44. The number of benzene rings is 1. The van der Waals surface area contributed by atoms with Gasteiger partial charge in [-0.25, -0.2) is 4.79 Å². The lowest BCUT2D eigenvalue weighted by molar-refractivity contribution is 0.0694. The zero-order valence-electron chi connectivity index (χ0n) is 10.3. The lowest BCUT2D eigenvalue weighted by atomic mass is 10.0.